The first-order valence-corrected chi connectivity index (χ1v) is 6.93. The van der Waals surface area contributed by atoms with E-state index in [2.05, 4.69) is 16.4 Å². The Hall–Kier alpha value is -1.41. The van der Waals surface area contributed by atoms with Crippen LogP contribution >= 0.6 is 11.3 Å². The molecule has 0 aliphatic heterocycles. The maximum Gasteiger partial charge on any atom is 0.241 e. The van der Waals surface area contributed by atoms with Crippen LogP contribution in [0.25, 0.3) is 0 Å². The number of hydrogen-bond donors (Lipinski definition) is 1. The molecule has 1 rings (SSSR count). The molecule has 0 atom stereocenters. The van der Waals surface area contributed by atoms with Crippen LogP contribution in [0.15, 0.2) is 11.6 Å². The highest BCUT2D eigenvalue weighted by molar-refractivity contribution is 7.09. The summed E-state index contributed by atoms with van der Waals surface area (Å²) in [6, 6.07) is 2.15. The van der Waals surface area contributed by atoms with E-state index in [4.69, 9.17) is 0 Å². The molecule has 0 aliphatic carbocycles. The smallest absolute Gasteiger partial charge is 0.241 e. The first-order chi connectivity index (χ1) is 8.41. The number of aromatic nitrogens is 1. The Morgan fingerprint density at radius 1 is 1.50 bits per heavy atom. The quantitative estimate of drug-likeness (QED) is 0.890. The van der Waals surface area contributed by atoms with Crippen LogP contribution in [0.2, 0.25) is 0 Å². The Bertz CT molecular complexity index is 441. The molecule has 4 nitrogen and oxygen atoms in total. The number of thiazole rings is 1. The normalized spacial score (nSPS) is 11.9. The second kappa shape index (κ2) is 5.49. The van der Waals surface area contributed by atoms with Crippen molar-refractivity contribution < 1.29 is 4.79 Å². The molecule has 0 saturated heterocycles. The molecule has 0 fully saturated rings. The van der Waals surface area contributed by atoms with Crippen LogP contribution in [-0.2, 0) is 10.3 Å². The lowest BCUT2D eigenvalue weighted by atomic mass is 9.82. The van der Waals surface area contributed by atoms with Crippen molar-refractivity contribution in [1.82, 2.24) is 10.3 Å². The zero-order chi connectivity index (χ0) is 13.8. The van der Waals surface area contributed by atoms with Gasteiger partial charge in [0, 0.05) is 11.6 Å². The molecule has 1 amide bonds. The number of nitrogens with zero attached hydrogens (tertiary/aromatic N) is 2. The lowest BCUT2D eigenvalue weighted by Gasteiger charge is -2.30. The van der Waals surface area contributed by atoms with Crippen LogP contribution in [0, 0.1) is 16.7 Å². The predicted octanol–water partition coefficient (Wildman–Crippen LogP) is 2.82. The second-order valence-corrected chi connectivity index (χ2v) is 5.71. The van der Waals surface area contributed by atoms with Gasteiger partial charge in [-0.05, 0) is 26.7 Å². The summed E-state index contributed by atoms with van der Waals surface area (Å²) in [5.74, 6) is -0.213. The van der Waals surface area contributed by atoms with Gasteiger partial charge in [0.25, 0.3) is 0 Å². The molecule has 98 valence electrons. The standard InChI is InChI=1S/C13H19N3OS/c1-5-13(6-2,9-14)10(17)16-12(3,4)11-15-7-8-18-11/h7-8H,5-6H2,1-4H3,(H,16,17). The number of hydrogen-bond acceptors (Lipinski definition) is 4. The highest BCUT2D eigenvalue weighted by Gasteiger charge is 2.38. The van der Waals surface area contributed by atoms with Gasteiger partial charge in [-0.25, -0.2) is 4.98 Å². The lowest BCUT2D eigenvalue weighted by Crippen LogP contribution is -2.48. The zero-order valence-electron chi connectivity index (χ0n) is 11.3. The van der Waals surface area contributed by atoms with Crippen molar-refractivity contribution in [2.45, 2.75) is 46.1 Å². The molecule has 0 aliphatic rings. The number of rotatable bonds is 5. The van der Waals surface area contributed by atoms with Crippen LogP contribution < -0.4 is 5.32 Å². The maximum atomic E-state index is 12.3. The van der Waals surface area contributed by atoms with Gasteiger partial charge in [-0.2, -0.15) is 5.26 Å². The minimum absolute atomic E-state index is 0.213. The molecule has 18 heavy (non-hydrogen) atoms. The molecule has 0 bridgehead atoms. The molecule has 0 aromatic carbocycles. The van der Waals surface area contributed by atoms with Gasteiger partial charge in [-0.3, -0.25) is 4.79 Å². The van der Waals surface area contributed by atoms with Gasteiger partial charge in [0.1, 0.15) is 10.4 Å². The highest BCUT2D eigenvalue weighted by Crippen LogP contribution is 2.29. The molecular weight excluding hydrogens is 246 g/mol. The first kappa shape index (κ1) is 14.7. The number of nitriles is 1. The molecule has 0 radical (unpaired) electrons. The van der Waals surface area contributed by atoms with Crippen LogP contribution in [0.5, 0.6) is 0 Å². The van der Waals surface area contributed by atoms with Crippen molar-refractivity contribution in [2.75, 3.05) is 0 Å². The molecule has 0 spiro atoms. The summed E-state index contributed by atoms with van der Waals surface area (Å²) in [7, 11) is 0. The molecule has 1 N–H and O–H groups in total. The summed E-state index contributed by atoms with van der Waals surface area (Å²) in [5.41, 5.74) is -1.48. The summed E-state index contributed by atoms with van der Waals surface area (Å²) < 4.78 is 0. The molecule has 5 heteroatoms. The SMILES string of the molecule is CCC(C#N)(CC)C(=O)NC(C)(C)c1nccs1. The largest absolute Gasteiger partial charge is 0.343 e. The Balaban J connectivity index is 2.91. The fourth-order valence-electron chi connectivity index (χ4n) is 1.77. The van der Waals surface area contributed by atoms with E-state index in [0.717, 1.165) is 5.01 Å². The minimum atomic E-state index is -0.936. The molecule has 0 saturated carbocycles. The van der Waals surface area contributed by atoms with E-state index in [0.29, 0.717) is 12.8 Å². The Kier molecular flexibility index (Phi) is 4.47. The van der Waals surface area contributed by atoms with E-state index in [9.17, 15) is 10.1 Å². The monoisotopic (exact) mass is 265 g/mol. The second-order valence-electron chi connectivity index (χ2n) is 4.82. The summed E-state index contributed by atoms with van der Waals surface area (Å²) in [6.45, 7) is 7.53. The maximum absolute atomic E-state index is 12.3. The third-order valence-corrected chi connectivity index (χ3v) is 4.35. The first-order valence-electron chi connectivity index (χ1n) is 6.05. The van der Waals surface area contributed by atoms with Crippen molar-refractivity contribution in [3.05, 3.63) is 16.6 Å². The van der Waals surface area contributed by atoms with Gasteiger partial charge in [-0.1, -0.05) is 13.8 Å². The fourth-order valence-corrected chi connectivity index (χ4v) is 2.49. The van der Waals surface area contributed by atoms with E-state index in [-0.39, 0.29) is 5.91 Å². The predicted molar refractivity (Wildman–Crippen MR) is 71.9 cm³/mol. The van der Waals surface area contributed by atoms with E-state index in [1.54, 1.807) is 6.20 Å². The van der Waals surface area contributed by atoms with Gasteiger partial charge < -0.3 is 5.32 Å². The average molecular weight is 265 g/mol. The van der Waals surface area contributed by atoms with Gasteiger partial charge >= 0.3 is 0 Å². The third-order valence-electron chi connectivity index (χ3n) is 3.25. The Morgan fingerprint density at radius 3 is 2.50 bits per heavy atom. The van der Waals surface area contributed by atoms with Crippen molar-refractivity contribution in [3.8, 4) is 6.07 Å². The summed E-state index contributed by atoms with van der Waals surface area (Å²) in [6.07, 6.45) is 2.74. The van der Waals surface area contributed by atoms with Crippen molar-refractivity contribution >= 4 is 17.2 Å². The molecule has 0 unspecified atom stereocenters. The van der Waals surface area contributed by atoms with Crippen LogP contribution in [0.3, 0.4) is 0 Å². The lowest BCUT2D eigenvalue weighted by molar-refractivity contribution is -0.130. The number of nitrogens with one attached hydrogen (secondary N) is 1. The number of carbonyl (C=O) groups excluding carboxylic acids is 1. The van der Waals surface area contributed by atoms with Crippen molar-refractivity contribution in [2.24, 2.45) is 5.41 Å². The van der Waals surface area contributed by atoms with Gasteiger partial charge in [-0.15, -0.1) is 11.3 Å². The molecule has 1 heterocycles. The Labute approximate surface area is 112 Å². The van der Waals surface area contributed by atoms with Crippen molar-refractivity contribution in [1.29, 1.82) is 5.26 Å². The molecular formula is C13H19N3OS. The van der Waals surface area contributed by atoms with E-state index in [1.165, 1.54) is 11.3 Å². The van der Waals surface area contributed by atoms with Gasteiger partial charge in [0.05, 0.1) is 11.6 Å². The summed E-state index contributed by atoms with van der Waals surface area (Å²) in [4.78, 5) is 16.5. The van der Waals surface area contributed by atoms with E-state index in [1.807, 2.05) is 33.1 Å². The van der Waals surface area contributed by atoms with Gasteiger partial charge in [0.2, 0.25) is 5.91 Å². The van der Waals surface area contributed by atoms with Crippen molar-refractivity contribution in [3.63, 3.8) is 0 Å². The highest BCUT2D eigenvalue weighted by atomic mass is 32.1. The van der Waals surface area contributed by atoms with Gasteiger partial charge in [0.15, 0.2) is 0 Å². The summed E-state index contributed by atoms with van der Waals surface area (Å²) >= 11 is 1.50. The number of carbonyl (C=O) groups is 1. The fraction of sp³-hybridized carbons (Fsp3) is 0.615. The topological polar surface area (TPSA) is 65.8 Å². The van der Waals surface area contributed by atoms with E-state index >= 15 is 0 Å². The van der Waals surface area contributed by atoms with Crippen LogP contribution in [-0.4, -0.2) is 10.9 Å². The van der Waals surface area contributed by atoms with Crippen LogP contribution in [0.1, 0.15) is 45.5 Å². The zero-order valence-corrected chi connectivity index (χ0v) is 12.1. The number of amides is 1. The van der Waals surface area contributed by atoms with Crippen LogP contribution in [0.4, 0.5) is 0 Å². The van der Waals surface area contributed by atoms with E-state index < -0.39 is 11.0 Å². The molecule has 1 aromatic rings. The average Bonchev–Trinajstić information content (AvgIpc) is 2.85. The third kappa shape index (κ3) is 2.70. The minimum Gasteiger partial charge on any atom is -0.343 e. The Morgan fingerprint density at radius 2 is 2.11 bits per heavy atom. The molecule has 1 aromatic heterocycles. The summed E-state index contributed by atoms with van der Waals surface area (Å²) in [5, 5.41) is 14.9.